The van der Waals surface area contributed by atoms with Crippen molar-refractivity contribution in [2.75, 3.05) is 23.8 Å². The third kappa shape index (κ3) is 2.85. The first-order valence-corrected chi connectivity index (χ1v) is 10.2. The smallest absolute Gasteiger partial charge is 0.256 e. The molecule has 0 unspecified atom stereocenters. The fraction of sp³-hybridized carbons (Fsp3) is 0.125. The van der Waals surface area contributed by atoms with Crippen LogP contribution in [0, 0.1) is 6.92 Å². The van der Waals surface area contributed by atoms with E-state index in [1.165, 1.54) is 0 Å². The summed E-state index contributed by atoms with van der Waals surface area (Å²) in [4.78, 5) is 24.9. The van der Waals surface area contributed by atoms with E-state index in [1.54, 1.807) is 6.20 Å². The summed E-state index contributed by atoms with van der Waals surface area (Å²) in [6.45, 7) is 3.43. The highest BCUT2D eigenvalue weighted by atomic mass is 16.5. The highest BCUT2D eigenvalue weighted by Crippen LogP contribution is 2.39. The standard InChI is InChI=1S/C24H19N5O2/c1-13-18(12-27-24-22(13)26-7-8-31-24)14-4-5-19-16(9-14)17(23(30)29-19)10-15-11-21-20(28-15)3-2-6-25-21/h2-6,9-12,26,28H,7-8H2,1H3,(H,29,30)/b17-10-. The number of carbonyl (C=O) groups is 1. The zero-order chi connectivity index (χ0) is 20.9. The summed E-state index contributed by atoms with van der Waals surface area (Å²) >= 11 is 0. The van der Waals surface area contributed by atoms with Crippen LogP contribution in [-0.4, -0.2) is 34.0 Å². The van der Waals surface area contributed by atoms with Gasteiger partial charge in [0.1, 0.15) is 12.3 Å². The highest BCUT2D eigenvalue weighted by molar-refractivity contribution is 6.35. The van der Waals surface area contributed by atoms with Crippen LogP contribution in [0.2, 0.25) is 0 Å². The van der Waals surface area contributed by atoms with Gasteiger partial charge in [-0.2, -0.15) is 0 Å². The van der Waals surface area contributed by atoms with Gasteiger partial charge in [-0.05, 0) is 54.5 Å². The average molecular weight is 409 g/mol. The first-order chi connectivity index (χ1) is 15.2. The fourth-order valence-electron chi connectivity index (χ4n) is 4.22. The lowest BCUT2D eigenvalue weighted by Gasteiger charge is -2.21. The third-order valence-electron chi connectivity index (χ3n) is 5.77. The van der Waals surface area contributed by atoms with E-state index in [0.29, 0.717) is 18.1 Å². The maximum absolute atomic E-state index is 12.7. The molecule has 0 atom stereocenters. The average Bonchev–Trinajstić information content (AvgIpc) is 3.34. The van der Waals surface area contributed by atoms with E-state index >= 15 is 0 Å². The number of carbonyl (C=O) groups excluding carboxylic acids is 1. The predicted octanol–water partition coefficient (Wildman–Crippen LogP) is 4.23. The number of ether oxygens (including phenoxy) is 1. The van der Waals surface area contributed by atoms with Gasteiger partial charge in [-0.15, -0.1) is 0 Å². The number of hydrogen-bond acceptors (Lipinski definition) is 5. The van der Waals surface area contributed by atoms with E-state index < -0.39 is 0 Å². The second-order valence-corrected chi connectivity index (χ2v) is 7.69. The SMILES string of the molecule is Cc1c(-c2ccc3c(c2)/C(=C/c2cc4ncccc4[nH]2)C(=O)N3)cnc2c1NCCO2. The van der Waals surface area contributed by atoms with Crippen LogP contribution >= 0.6 is 0 Å². The summed E-state index contributed by atoms with van der Waals surface area (Å²) in [6, 6.07) is 11.8. The molecule has 0 saturated carbocycles. The highest BCUT2D eigenvalue weighted by Gasteiger charge is 2.26. The quantitative estimate of drug-likeness (QED) is 0.431. The number of anilines is 2. The number of fused-ring (bicyclic) bond motifs is 3. The monoisotopic (exact) mass is 409 g/mol. The van der Waals surface area contributed by atoms with Crippen molar-refractivity contribution in [2.24, 2.45) is 0 Å². The molecule has 0 radical (unpaired) electrons. The van der Waals surface area contributed by atoms with Gasteiger partial charge in [-0.1, -0.05) is 6.07 Å². The number of aromatic amines is 1. The van der Waals surface area contributed by atoms with Crippen molar-refractivity contribution in [2.45, 2.75) is 6.92 Å². The number of nitrogens with zero attached hydrogens (tertiary/aromatic N) is 2. The minimum absolute atomic E-state index is 0.117. The molecule has 0 saturated heterocycles. The van der Waals surface area contributed by atoms with Crippen LogP contribution in [-0.2, 0) is 4.79 Å². The normalized spacial score (nSPS) is 15.9. The van der Waals surface area contributed by atoms with Gasteiger partial charge in [0.05, 0.1) is 16.6 Å². The molecule has 5 heterocycles. The molecule has 1 aromatic carbocycles. The van der Waals surface area contributed by atoms with E-state index in [-0.39, 0.29) is 5.91 Å². The van der Waals surface area contributed by atoms with Gasteiger partial charge in [-0.25, -0.2) is 4.98 Å². The molecule has 0 spiro atoms. The van der Waals surface area contributed by atoms with E-state index in [2.05, 4.69) is 32.5 Å². The minimum atomic E-state index is -0.117. The summed E-state index contributed by atoms with van der Waals surface area (Å²) in [5.74, 6) is 0.521. The Balaban J connectivity index is 1.45. The number of hydrogen-bond donors (Lipinski definition) is 3. The number of benzene rings is 1. The van der Waals surface area contributed by atoms with Gasteiger partial charge in [0.2, 0.25) is 5.88 Å². The van der Waals surface area contributed by atoms with Crippen LogP contribution in [0.3, 0.4) is 0 Å². The Morgan fingerprint density at radius 2 is 2.06 bits per heavy atom. The van der Waals surface area contributed by atoms with Crippen LogP contribution in [0.15, 0.2) is 48.8 Å². The molecule has 3 N–H and O–H groups in total. The van der Waals surface area contributed by atoms with Gasteiger partial charge in [-0.3, -0.25) is 9.78 Å². The molecule has 4 aromatic rings. The number of rotatable bonds is 2. The van der Waals surface area contributed by atoms with Crippen molar-refractivity contribution >= 4 is 40.0 Å². The van der Waals surface area contributed by atoms with Gasteiger partial charge in [0.25, 0.3) is 5.91 Å². The van der Waals surface area contributed by atoms with Crippen molar-refractivity contribution in [3.63, 3.8) is 0 Å². The maximum Gasteiger partial charge on any atom is 0.256 e. The number of aromatic nitrogens is 3. The van der Waals surface area contributed by atoms with Crippen molar-refractivity contribution < 1.29 is 9.53 Å². The number of nitrogens with one attached hydrogen (secondary N) is 3. The molecular formula is C24H19N5O2. The van der Waals surface area contributed by atoms with E-state index in [9.17, 15) is 4.79 Å². The molecule has 0 bridgehead atoms. The summed E-state index contributed by atoms with van der Waals surface area (Å²) in [7, 11) is 0. The van der Waals surface area contributed by atoms with Crippen molar-refractivity contribution in [1.82, 2.24) is 15.0 Å². The minimum Gasteiger partial charge on any atom is -0.474 e. The van der Waals surface area contributed by atoms with Crippen molar-refractivity contribution in [3.8, 4) is 17.0 Å². The summed E-state index contributed by atoms with van der Waals surface area (Å²) in [6.07, 6.45) is 5.46. The second kappa shape index (κ2) is 6.70. The third-order valence-corrected chi connectivity index (χ3v) is 5.77. The summed E-state index contributed by atoms with van der Waals surface area (Å²) in [5.41, 5.74) is 8.95. The van der Waals surface area contributed by atoms with Crippen LogP contribution in [0.4, 0.5) is 11.4 Å². The van der Waals surface area contributed by atoms with Crippen LogP contribution in [0.25, 0.3) is 33.8 Å². The van der Waals surface area contributed by atoms with Crippen LogP contribution < -0.4 is 15.4 Å². The van der Waals surface area contributed by atoms with E-state index in [0.717, 1.165) is 56.9 Å². The van der Waals surface area contributed by atoms with E-state index in [4.69, 9.17) is 4.74 Å². The Hall–Kier alpha value is -4.13. The van der Waals surface area contributed by atoms with Crippen molar-refractivity contribution in [1.29, 1.82) is 0 Å². The largest absolute Gasteiger partial charge is 0.474 e. The second-order valence-electron chi connectivity index (χ2n) is 7.69. The zero-order valence-corrected chi connectivity index (χ0v) is 16.8. The Morgan fingerprint density at radius 1 is 1.13 bits per heavy atom. The van der Waals surface area contributed by atoms with Crippen LogP contribution in [0.5, 0.6) is 5.88 Å². The maximum atomic E-state index is 12.7. The molecule has 7 heteroatoms. The van der Waals surface area contributed by atoms with Crippen LogP contribution in [0.1, 0.15) is 16.8 Å². The first-order valence-electron chi connectivity index (χ1n) is 10.2. The summed E-state index contributed by atoms with van der Waals surface area (Å²) < 4.78 is 5.65. The number of H-pyrrole nitrogens is 1. The lowest BCUT2D eigenvalue weighted by molar-refractivity contribution is -0.110. The van der Waals surface area contributed by atoms with E-state index in [1.807, 2.05) is 48.7 Å². The Bertz CT molecular complexity index is 1370. The lowest BCUT2D eigenvalue weighted by Crippen LogP contribution is -2.20. The van der Waals surface area contributed by atoms with Gasteiger partial charge < -0.3 is 20.4 Å². The molecular weight excluding hydrogens is 390 g/mol. The zero-order valence-electron chi connectivity index (χ0n) is 16.8. The Labute approximate surface area is 178 Å². The molecule has 31 heavy (non-hydrogen) atoms. The number of amides is 1. The lowest BCUT2D eigenvalue weighted by atomic mass is 9.96. The molecule has 0 fully saturated rings. The molecule has 6 rings (SSSR count). The first kappa shape index (κ1) is 17.7. The topological polar surface area (TPSA) is 91.9 Å². The van der Waals surface area contributed by atoms with Gasteiger partial charge >= 0.3 is 0 Å². The molecule has 0 aliphatic carbocycles. The molecule has 2 aliphatic heterocycles. The molecule has 3 aromatic heterocycles. The number of pyridine rings is 2. The van der Waals surface area contributed by atoms with Crippen molar-refractivity contribution in [3.05, 3.63) is 65.6 Å². The Morgan fingerprint density at radius 3 is 2.97 bits per heavy atom. The predicted molar refractivity (Wildman–Crippen MR) is 121 cm³/mol. The molecule has 7 nitrogen and oxygen atoms in total. The molecule has 152 valence electrons. The van der Waals surface area contributed by atoms with Gasteiger partial charge in [0.15, 0.2) is 0 Å². The fourth-order valence-corrected chi connectivity index (χ4v) is 4.22. The summed E-state index contributed by atoms with van der Waals surface area (Å²) in [5, 5.41) is 6.34. The van der Waals surface area contributed by atoms with Gasteiger partial charge in [0, 0.05) is 41.4 Å². The molecule has 2 aliphatic rings. The molecule has 1 amide bonds. The Kier molecular flexibility index (Phi) is 3.83.